The molecule has 1 saturated heterocycles. The van der Waals surface area contributed by atoms with Gasteiger partial charge in [-0.1, -0.05) is 13.8 Å². The molecule has 2 rings (SSSR count). The molecule has 1 aliphatic heterocycles. The van der Waals surface area contributed by atoms with Crippen LogP contribution in [0.15, 0.2) is 6.07 Å². The largest absolute Gasteiger partial charge is 0.370 e. The molecule has 2 atom stereocenters. The number of rotatable bonds is 4. The monoisotopic (exact) mass is 262 g/mol. The summed E-state index contributed by atoms with van der Waals surface area (Å²) in [5, 5.41) is 3.36. The average molecular weight is 262 g/mol. The number of hydrogen-bond donors (Lipinski definition) is 1. The number of hydrogen-bond acceptors (Lipinski definition) is 4. The molecule has 1 fully saturated rings. The molecule has 0 aliphatic carbocycles. The van der Waals surface area contributed by atoms with E-state index in [1.165, 1.54) is 12.8 Å². The van der Waals surface area contributed by atoms with Crippen molar-refractivity contribution in [2.24, 2.45) is 5.92 Å². The van der Waals surface area contributed by atoms with Crippen LogP contribution in [0.4, 0.5) is 11.6 Å². The number of aryl methyl sites for hydroxylation is 1. The van der Waals surface area contributed by atoms with E-state index in [2.05, 4.69) is 47.0 Å². The molecule has 0 saturated carbocycles. The summed E-state index contributed by atoms with van der Waals surface area (Å²) in [6.07, 6.45) is 3.61. The van der Waals surface area contributed by atoms with Gasteiger partial charge in [-0.2, -0.15) is 0 Å². The Hall–Kier alpha value is -1.32. The van der Waals surface area contributed by atoms with E-state index >= 15 is 0 Å². The van der Waals surface area contributed by atoms with E-state index in [-0.39, 0.29) is 0 Å². The summed E-state index contributed by atoms with van der Waals surface area (Å²) in [5.74, 6) is 3.70. The first kappa shape index (κ1) is 14.1. The fourth-order valence-corrected chi connectivity index (χ4v) is 2.79. The van der Waals surface area contributed by atoms with Crippen molar-refractivity contribution in [1.29, 1.82) is 0 Å². The summed E-state index contributed by atoms with van der Waals surface area (Å²) in [6, 6.07) is 2.66. The van der Waals surface area contributed by atoms with Crippen molar-refractivity contribution in [1.82, 2.24) is 9.97 Å². The molecule has 0 aromatic carbocycles. The Kier molecular flexibility index (Phi) is 4.61. The summed E-state index contributed by atoms with van der Waals surface area (Å²) >= 11 is 0. The van der Waals surface area contributed by atoms with E-state index < -0.39 is 0 Å². The van der Waals surface area contributed by atoms with E-state index in [0.717, 1.165) is 42.9 Å². The Bertz CT molecular complexity index is 419. The third kappa shape index (κ3) is 3.58. The van der Waals surface area contributed by atoms with Gasteiger partial charge in [0.25, 0.3) is 0 Å². The van der Waals surface area contributed by atoms with E-state index in [4.69, 9.17) is 0 Å². The minimum atomic E-state index is 0.567. The van der Waals surface area contributed by atoms with E-state index in [9.17, 15) is 0 Å². The van der Waals surface area contributed by atoms with Crippen LogP contribution in [0.1, 0.15) is 45.9 Å². The molecule has 1 aliphatic rings. The number of nitrogens with one attached hydrogen (secondary N) is 1. The first-order chi connectivity index (χ1) is 9.10. The topological polar surface area (TPSA) is 41.0 Å². The second kappa shape index (κ2) is 6.22. The van der Waals surface area contributed by atoms with Gasteiger partial charge in [0.05, 0.1) is 0 Å². The first-order valence-corrected chi connectivity index (χ1v) is 7.46. The molecule has 1 N–H and O–H groups in total. The van der Waals surface area contributed by atoms with Crippen LogP contribution in [-0.2, 0) is 0 Å². The van der Waals surface area contributed by atoms with Crippen molar-refractivity contribution in [3.63, 3.8) is 0 Å². The predicted molar refractivity (Wildman–Crippen MR) is 80.8 cm³/mol. The Morgan fingerprint density at radius 3 is 2.84 bits per heavy atom. The smallest absolute Gasteiger partial charge is 0.134 e. The van der Waals surface area contributed by atoms with Gasteiger partial charge >= 0.3 is 0 Å². The van der Waals surface area contributed by atoms with Gasteiger partial charge in [0, 0.05) is 25.2 Å². The molecule has 2 heterocycles. The summed E-state index contributed by atoms with van der Waals surface area (Å²) in [5.41, 5.74) is 0. The second-order valence-electron chi connectivity index (χ2n) is 5.76. The summed E-state index contributed by atoms with van der Waals surface area (Å²) in [6.45, 7) is 10.8. The quantitative estimate of drug-likeness (QED) is 0.904. The zero-order valence-corrected chi connectivity index (χ0v) is 12.6. The number of nitrogens with zero attached hydrogens (tertiary/aromatic N) is 3. The Labute approximate surface area is 116 Å². The van der Waals surface area contributed by atoms with Gasteiger partial charge in [-0.15, -0.1) is 0 Å². The first-order valence-electron chi connectivity index (χ1n) is 7.46. The molecule has 0 amide bonds. The van der Waals surface area contributed by atoms with Gasteiger partial charge in [-0.3, -0.25) is 0 Å². The van der Waals surface area contributed by atoms with Crippen molar-refractivity contribution >= 4 is 11.6 Å². The van der Waals surface area contributed by atoms with Crippen LogP contribution in [0.2, 0.25) is 0 Å². The van der Waals surface area contributed by atoms with Crippen LogP contribution in [-0.4, -0.2) is 29.1 Å². The van der Waals surface area contributed by atoms with Gasteiger partial charge in [-0.25, -0.2) is 9.97 Å². The lowest BCUT2D eigenvalue weighted by Gasteiger charge is -2.37. The minimum Gasteiger partial charge on any atom is -0.370 e. The van der Waals surface area contributed by atoms with E-state index in [1.54, 1.807) is 0 Å². The lowest BCUT2D eigenvalue weighted by Crippen LogP contribution is -2.40. The SMILES string of the molecule is CCCNc1cc(N2CCC(C)CC2C)nc(C)n1. The highest BCUT2D eigenvalue weighted by atomic mass is 15.2. The fraction of sp³-hybridized carbons (Fsp3) is 0.733. The van der Waals surface area contributed by atoms with E-state index in [1.807, 2.05) is 6.92 Å². The molecule has 0 spiro atoms. The van der Waals surface area contributed by atoms with Gasteiger partial charge in [0.1, 0.15) is 17.5 Å². The number of anilines is 2. The van der Waals surface area contributed by atoms with Crippen molar-refractivity contribution in [3.05, 3.63) is 11.9 Å². The highest BCUT2D eigenvalue weighted by Crippen LogP contribution is 2.27. The molecule has 106 valence electrons. The zero-order chi connectivity index (χ0) is 13.8. The van der Waals surface area contributed by atoms with Crippen LogP contribution in [0.25, 0.3) is 0 Å². The molecule has 4 nitrogen and oxygen atoms in total. The van der Waals surface area contributed by atoms with Gasteiger partial charge in [0.2, 0.25) is 0 Å². The molecule has 1 aromatic rings. The number of aromatic nitrogens is 2. The normalized spacial score (nSPS) is 23.5. The second-order valence-corrected chi connectivity index (χ2v) is 5.76. The Morgan fingerprint density at radius 1 is 1.37 bits per heavy atom. The number of piperidine rings is 1. The van der Waals surface area contributed by atoms with Gasteiger partial charge in [-0.05, 0) is 39.0 Å². The third-order valence-corrected chi connectivity index (χ3v) is 3.81. The van der Waals surface area contributed by atoms with Gasteiger partial charge in [0.15, 0.2) is 0 Å². The molecular formula is C15H26N4. The Balaban J connectivity index is 2.16. The standard InChI is InChI=1S/C15H26N4/c1-5-7-16-14-10-15(18-13(4)17-14)19-8-6-11(2)9-12(19)3/h10-12H,5-9H2,1-4H3,(H,16,17,18). The van der Waals surface area contributed by atoms with Crippen LogP contribution in [0, 0.1) is 12.8 Å². The Morgan fingerprint density at radius 2 is 2.16 bits per heavy atom. The maximum absolute atomic E-state index is 4.62. The maximum Gasteiger partial charge on any atom is 0.134 e. The minimum absolute atomic E-state index is 0.567. The molecule has 0 bridgehead atoms. The summed E-state index contributed by atoms with van der Waals surface area (Å²) in [7, 11) is 0. The molecule has 1 aromatic heterocycles. The highest BCUT2D eigenvalue weighted by Gasteiger charge is 2.24. The van der Waals surface area contributed by atoms with Gasteiger partial charge < -0.3 is 10.2 Å². The molecule has 4 heteroatoms. The molecule has 0 radical (unpaired) electrons. The van der Waals surface area contributed by atoms with Crippen molar-refractivity contribution in [2.45, 2.75) is 53.0 Å². The maximum atomic E-state index is 4.62. The van der Waals surface area contributed by atoms with Crippen molar-refractivity contribution in [2.75, 3.05) is 23.3 Å². The predicted octanol–water partition coefficient (Wildman–Crippen LogP) is 3.23. The summed E-state index contributed by atoms with van der Waals surface area (Å²) < 4.78 is 0. The average Bonchev–Trinajstić information content (AvgIpc) is 2.35. The molecule has 2 unspecified atom stereocenters. The zero-order valence-electron chi connectivity index (χ0n) is 12.6. The van der Waals surface area contributed by atoms with Crippen LogP contribution >= 0.6 is 0 Å². The lowest BCUT2D eigenvalue weighted by molar-refractivity contribution is 0.376. The van der Waals surface area contributed by atoms with Crippen molar-refractivity contribution in [3.8, 4) is 0 Å². The fourth-order valence-electron chi connectivity index (χ4n) is 2.79. The molecule has 19 heavy (non-hydrogen) atoms. The lowest BCUT2D eigenvalue weighted by atomic mass is 9.93. The van der Waals surface area contributed by atoms with Crippen LogP contribution in [0.5, 0.6) is 0 Å². The van der Waals surface area contributed by atoms with Crippen LogP contribution < -0.4 is 10.2 Å². The molecular weight excluding hydrogens is 236 g/mol. The third-order valence-electron chi connectivity index (χ3n) is 3.81. The van der Waals surface area contributed by atoms with Crippen molar-refractivity contribution < 1.29 is 0 Å². The highest BCUT2D eigenvalue weighted by molar-refractivity contribution is 5.50. The van der Waals surface area contributed by atoms with Crippen LogP contribution in [0.3, 0.4) is 0 Å². The van der Waals surface area contributed by atoms with E-state index in [0.29, 0.717) is 6.04 Å². The summed E-state index contributed by atoms with van der Waals surface area (Å²) in [4.78, 5) is 11.5.